The molecule has 2 heterocycles. The molecule has 1 aliphatic rings. The van der Waals surface area contributed by atoms with Crippen LogP contribution >= 0.6 is 12.4 Å². The number of nitrogens with zero attached hydrogens (tertiary/aromatic N) is 3. The minimum atomic E-state index is 0. The minimum absolute atomic E-state index is 0. The van der Waals surface area contributed by atoms with Crippen LogP contribution in [0.25, 0.3) is 0 Å². The second kappa shape index (κ2) is 9.55. The van der Waals surface area contributed by atoms with E-state index in [4.69, 9.17) is 4.74 Å². The van der Waals surface area contributed by atoms with Gasteiger partial charge in [0.05, 0.1) is 0 Å². The SMILES string of the molecule is Cc1cccc(OCC(=O)N2CCN(Cc3ccncc3)CC2)c1C.Cl. The molecular formula is C20H26ClN3O2. The fraction of sp³-hybridized carbons (Fsp3) is 0.400. The van der Waals surface area contributed by atoms with Crippen LogP contribution in [0, 0.1) is 13.8 Å². The van der Waals surface area contributed by atoms with Gasteiger partial charge in [-0.25, -0.2) is 0 Å². The van der Waals surface area contributed by atoms with Gasteiger partial charge in [-0.3, -0.25) is 14.7 Å². The van der Waals surface area contributed by atoms with Gasteiger partial charge in [0, 0.05) is 45.1 Å². The first kappa shape index (κ1) is 20.2. The van der Waals surface area contributed by atoms with Crippen LogP contribution in [0.5, 0.6) is 5.75 Å². The lowest BCUT2D eigenvalue weighted by Crippen LogP contribution is -2.49. The first-order chi connectivity index (χ1) is 12.1. The summed E-state index contributed by atoms with van der Waals surface area (Å²) in [5.74, 6) is 0.856. The van der Waals surface area contributed by atoms with E-state index in [9.17, 15) is 4.79 Å². The highest BCUT2D eigenvalue weighted by atomic mass is 35.5. The predicted octanol–water partition coefficient (Wildman–Crippen LogP) is 2.84. The molecule has 6 heteroatoms. The zero-order valence-corrected chi connectivity index (χ0v) is 16.2. The fourth-order valence-corrected chi connectivity index (χ4v) is 3.01. The molecule has 0 radical (unpaired) electrons. The van der Waals surface area contributed by atoms with Gasteiger partial charge < -0.3 is 9.64 Å². The highest BCUT2D eigenvalue weighted by Gasteiger charge is 2.21. The van der Waals surface area contributed by atoms with E-state index in [2.05, 4.69) is 9.88 Å². The number of hydrogen-bond donors (Lipinski definition) is 0. The number of hydrogen-bond acceptors (Lipinski definition) is 4. The minimum Gasteiger partial charge on any atom is -0.483 e. The van der Waals surface area contributed by atoms with Gasteiger partial charge in [0.2, 0.25) is 0 Å². The molecule has 0 spiro atoms. The van der Waals surface area contributed by atoms with Crippen molar-refractivity contribution in [3.63, 3.8) is 0 Å². The molecule has 2 aromatic rings. The number of carbonyl (C=O) groups is 1. The molecule has 1 aromatic carbocycles. The summed E-state index contributed by atoms with van der Waals surface area (Å²) >= 11 is 0. The van der Waals surface area contributed by atoms with Gasteiger partial charge in [-0.05, 0) is 48.7 Å². The predicted molar refractivity (Wildman–Crippen MR) is 105 cm³/mol. The summed E-state index contributed by atoms with van der Waals surface area (Å²) in [5, 5.41) is 0. The maximum Gasteiger partial charge on any atom is 0.260 e. The van der Waals surface area contributed by atoms with E-state index in [0.717, 1.165) is 44.0 Å². The van der Waals surface area contributed by atoms with Crippen LogP contribution in [0.4, 0.5) is 0 Å². The number of benzene rings is 1. The molecule has 0 unspecified atom stereocenters. The van der Waals surface area contributed by atoms with Gasteiger partial charge in [-0.1, -0.05) is 12.1 Å². The van der Waals surface area contributed by atoms with Crippen LogP contribution in [-0.4, -0.2) is 53.5 Å². The number of rotatable bonds is 5. The molecular weight excluding hydrogens is 350 g/mol. The number of pyridine rings is 1. The van der Waals surface area contributed by atoms with Crippen LogP contribution in [0.3, 0.4) is 0 Å². The van der Waals surface area contributed by atoms with E-state index in [1.165, 1.54) is 11.1 Å². The van der Waals surface area contributed by atoms with E-state index in [-0.39, 0.29) is 24.9 Å². The van der Waals surface area contributed by atoms with E-state index in [0.29, 0.717) is 0 Å². The van der Waals surface area contributed by atoms with Crippen molar-refractivity contribution >= 4 is 18.3 Å². The quantitative estimate of drug-likeness (QED) is 0.806. The Kier molecular flexibility index (Phi) is 7.42. The second-order valence-electron chi connectivity index (χ2n) is 6.50. The molecule has 3 rings (SSSR count). The monoisotopic (exact) mass is 375 g/mol. The van der Waals surface area contributed by atoms with Gasteiger partial charge in [-0.15, -0.1) is 12.4 Å². The molecule has 1 amide bonds. The average Bonchev–Trinajstić information content (AvgIpc) is 2.64. The average molecular weight is 376 g/mol. The van der Waals surface area contributed by atoms with Gasteiger partial charge in [0.15, 0.2) is 6.61 Å². The van der Waals surface area contributed by atoms with Crippen LogP contribution in [0.15, 0.2) is 42.7 Å². The van der Waals surface area contributed by atoms with Crippen molar-refractivity contribution in [2.75, 3.05) is 32.8 Å². The third-order valence-electron chi connectivity index (χ3n) is 4.79. The van der Waals surface area contributed by atoms with Gasteiger partial charge in [0.1, 0.15) is 5.75 Å². The number of piperazine rings is 1. The lowest BCUT2D eigenvalue weighted by atomic mass is 10.1. The molecule has 26 heavy (non-hydrogen) atoms. The molecule has 1 saturated heterocycles. The van der Waals surface area contributed by atoms with Crippen molar-refractivity contribution in [1.82, 2.24) is 14.8 Å². The van der Waals surface area contributed by atoms with Crippen molar-refractivity contribution in [3.05, 3.63) is 59.4 Å². The maximum absolute atomic E-state index is 12.4. The van der Waals surface area contributed by atoms with Crippen molar-refractivity contribution in [2.24, 2.45) is 0 Å². The fourth-order valence-electron chi connectivity index (χ4n) is 3.01. The van der Waals surface area contributed by atoms with Crippen molar-refractivity contribution in [3.8, 4) is 5.75 Å². The first-order valence-electron chi connectivity index (χ1n) is 8.71. The Labute approximate surface area is 161 Å². The Bertz CT molecular complexity index is 716. The zero-order valence-electron chi connectivity index (χ0n) is 15.4. The Hall–Kier alpha value is -2.11. The Morgan fingerprint density at radius 1 is 1.08 bits per heavy atom. The van der Waals surface area contributed by atoms with Crippen molar-refractivity contribution in [1.29, 1.82) is 0 Å². The number of carbonyl (C=O) groups excluding carboxylic acids is 1. The second-order valence-corrected chi connectivity index (χ2v) is 6.50. The summed E-state index contributed by atoms with van der Waals surface area (Å²) in [6.45, 7) is 8.35. The Balaban J connectivity index is 0.00000243. The topological polar surface area (TPSA) is 45.7 Å². The van der Waals surface area contributed by atoms with E-state index < -0.39 is 0 Å². The number of halogens is 1. The van der Waals surface area contributed by atoms with Gasteiger partial charge >= 0.3 is 0 Å². The summed E-state index contributed by atoms with van der Waals surface area (Å²) in [4.78, 5) is 20.7. The van der Waals surface area contributed by atoms with Crippen LogP contribution in [0.2, 0.25) is 0 Å². The van der Waals surface area contributed by atoms with Gasteiger partial charge in [-0.2, -0.15) is 0 Å². The molecule has 0 atom stereocenters. The summed E-state index contributed by atoms with van der Waals surface area (Å²) in [5.41, 5.74) is 3.53. The molecule has 1 fully saturated rings. The molecule has 0 bridgehead atoms. The maximum atomic E-state index is 12.4. The number of aryl methyl sites for hydroxylation is 1. The summed E-state index contributed by atoms with van der Waals surface area (Å²) in [6, 6.07) is 10.00. The normalized spacial score (nSPS) is 14.6. The van der Waals surface area contributed by atoms with Gasteiger partial charge in [0.25, 0.3) is 5.91 Å². The lowest BCUT2D eigenvalue weighted by molar-refractivity contribution is -0.135. The summed E-state index contributed by atoms with van der Waals surface area (Å²) in [6.07, 6.45) is 3.64. The van der Waals surface area contributed by atoms with Crippen molar-refractivity contribution in [2.45, 2.75) is 20.4 Å². The number of amides is 1. The number of aromatic nitrogens is 1. The van der Waals surface area contributed by atoms with E-state index in [1.807, 2.05) is 61.5 Å². The van der Waals surface area contributed by atoms with Crippen molar-refractivity contribution < 1.29 is 9.53 Å². The van der Waals surface area contributed by atoms with E-state index in [1.54, 1.807) is 0 Å². The zero-order chi connectivity index (χ0) is 17.6. The molecule has 0 saturated carbocycles. The molecule has 1 aromatic heterocycles. The summed E-state index contributed by atoms with van der Waals surface area (Å²) in [7, 11) is 0. The Morgan fingerprint density at radius 2 is 1.77 bits per heavy atom. The largest absolute Gasteiger partial charge is 0.483 e. The highest BCUT2D eigenvalue weighted by Crippen LogP contribution is 2.20. The molecule has 0 N–H and O–H groups in total. The molecule has 1 aliphatic heterocycles. The smallest absolute Gasteiger partial charge is 0.260 e. The lowest BCUT2D eigenvalue weighted by Gasteiger charge is -2.34. The highest BCUT2D eigenvalue weighted by molar-refractivity contribution is 5.85. The molecule has 140 valence electrons. The van der Waals surface area contributed by atoms with Crippen LogP contribution in [0.1, 0.15) is 16.7 Å². The number of ether oxygens (including phenoxy) is 1. The summed E-state index contributed by atoms with van der Waals surface area (Å²) < 4.78 is 5.74. The third-order valence-corrected chi connectivity index (χ3v) is 4.79. The standard InChI is InChI=1S/C20H25N3O2.ClH/c1-16-4-3-5-19(17(16)2)25-15-20(24)23-12-10-22(11-13-23)14-18-6-8-21-9-7-18;/h3-9H,10-15H2,1-2H3;1H. The first-order valence-corrected chi connectivity index (χ1v) is 8.71. The molecule has 5 nitrogen and oxygen atoms in total. The third kappa shape index (κ3) is 5.19. The molecule has 0 aliphatic carbocycles. The van der Waals surface area contributed by atoms with Crippen LogP contribution in [-0.2, 0) is 11.3 Å². The van der Waals surface area contributed by atoms with E-state index >= 15 is 0 Å². The Morgan fingerprint density at radius 3 is 2.46 bits per heavy atom. The van der Waals surface area contributed by atoms with Crippen LogP contribution < -0.4 is 4.74 Å².